The minimum atomic E-state index is -1.93. The first-order chi connectivity index (χ1) is 9.78. The van der Waals surface area contributed by atoms with Crippen molar-refractivity contribution in [3.8, 4) is 0 Å². The van der Waals surface area contributed by atoms with E-state index in [9.17, 15) is 4.79 Å². The summed E-state index contributed by atoms with van der Waals surface area (Å²) in [4.78, 5) is 12.1. The summed E-state index contributed by atoms with van der Waals surface area (Å²) in [6.07, 6.45) is 14.8. The Morgan fingerprint density at radius 2 is 1.24 bits per heavy atom. The van der Waals surface area contributed by atoms with Crippen LogP contribution in [0.25, 0.3) is 0 Å². The van der Waals surface area contributed by atoms with Gasteiger partial charge in [0.1, 0.15) is 0 Å². The van der Waals surface area contributed by atoms with E-state index in [2.05, 4.69) is 38.9 Å². The molecule has 2 nitrogen and oxygen atoms in total. The number of unbranched alkanes of at least 4 members (excludes halogenated alkanes) is 8. The van der Waals surface area contributed by atoms with E-state index in [1.807, 2.05) is 0 Å². The van der Waals surface area contributed by atoms with E-state index in [1.165, 1.54) is 51.4 Å². The molecule has 0 bridgehead atoms. The fourth-order valence-electron chi connectivity index (χ4n) is 2.95. The third kappa shape index (κ3) is 13.3. The van der Waals surface area contributed by atoms with Crippen LogP contribution >= 0.6 is 6.75 Å². The number of rotatable bonds is 13. The van der Waals surface area contributed by atoms with Gasteiger partial charge in [-0.05, 0) is 0 Å². The summed E-state index contributed by atoms with van der Waals surface area (Å²) in [6.45, 7) is 9.33. The summed E-state index contributed by atoms with van der Waals surface area (Å²) >= 11 is 0. The molecule has 0 radical (unpaired) electrons. The molecule has 1 N–H and O–H groups in total. The van der Waals surface area contributed by atoms with E-state index in [1.54, 1.807) is 0 Å². The minimum absolute atomic E-state index is 0.275. The fraction of sp³-hybridized carbons (Fsp3) is 0.944. The Balaban J connectivity index is 3.58. The second-order valence-electron chi connectivity index (χ2n) is 7.96. The van der Waals surface area contributed by atoms with E-state index in [0.29, 0.717) is 6.42 Å². The first-order valence-electron chi connectivity index (χ1n) is 9.10. The third-order valence-corrected chi connectivity index (χ3v) is 7.14. The number of carbonyl (C=O) groups is 1. The van der Waals surface area contributed by atoms with Crippen molar-refractivity contribution in [3.05, 3.63) is 0 Å². The van der Waals surface area contributed by atoms with Crippen LogP contribution in [0.3, 0.4) is 0 Å². The van der Waals surface area contributed by atoms with Crippen LogP contribution in [-0.2, 0) is 4.79 Å². The van der Waals surface area contributed by atoms with Crippen LogP contribution in [0, 0.1) is 0 Å². The van der Waals surface area contributed by atoms with Gasteiger partial charge in [-0.25, -0.2) is 0 Å². The molecule has 128 valence electrons. The molecular weight excluding hydrogens is 277 g/mol. The van der Waals surface area contributed by atoms with Crippen molar-refractivity contribution in [2.45, 2.75) is 84.5 Å². The molecule has 0 saturated carbocycles. The van der Waals surface area contributed by atoms with Crippen molar-refractivity contribution in [3.63, 3.8) is 0 Å². The Hall–Kier alpha value is -0.100. The molecule has 0 fully saturated rings. The molecule has 0 saturated heterocycles. The van der Waals surface area contributed by atoms with E-state index in [4.69, 9.17) is 0 Å². The van der Waals surface area contributed by atoms with E-state index in [-0.39, 0.29) is 5.91 Å². The molecule has 0 heterocycles. The van der Waals surface area contributed by atoms with Gasteiger partial charge in [-0.3, -0.25) is 0 Å². The molecule has 0 unspecified atom stereocenters. The summed E-state index contributed by atoms with van der Waals surface area (Å²) < 4.78 is 0. The van der Waals surface area contributed by atoms with Gasteiger partial charge in [0.15, 0.2) is 0 Å². The molecule has 1 amide bonds. The van der Waals surface area contributed by atoms with Gasteiger partial charge in [0.05, 0.1) is 0 Å². The number of hydrogen-bond donors (Lipinski definition) is 1. The summed E-state index contributed by atoms with van der Waals surface area (Å²) in [6, 6.07) is 0. The summed E-state index contributed by atoms with van der Waals surface area (Å²) in [5.74, 6) is 0.275. The fourth-order valence-corrected chi connectivity index (χ4v) is 5.67. The van der Waals surface area contributed by atoms with Gasteiger partial charge < -0.3 is 0 Å². The normalized spacial score (nSPS) is 13.7. The third-order valence-electron chi connectivity index (χ3n) is 4.05. The molecule has 3 heteroatoms. The van der Waals surface area contributed by atoms with Gasteiger partial charge in [-0.2, -0.15) is 0 Å². The van der Waals surface area contributed by atoms with Gasteiger partial charge in [0.2, 0.25) is 0 Å². The Kier molecular flexibility index (Phi) is 10.5. The molecule has 0 aliphatic rings. The first kappa shape index (κ1) is 20.9. The molecule has 0 aromatic heterocycles. The van der Waals surface area contributed by atoms with Crippen LogP contribution in [0.2, 0.25) is 0 Å². The standard InChI is InChI=1S/C18H40NOP/c1-6-8-9-10-11-12-13-14-15-16-18(20)19-21(3,4,5)17-7-2/h6-17H2,1-5H3,(H,19,20). The van der Waals surface area contributed by atoms with Crippen molar-refractivity contribution >= 4 is 12.7 Å². The molecule has 0 spiro atoms. The van der Waals surface area contributed by atoms with E-state index in [0.717, 1.165) is 19.0 Å². The van der Waals surface area contributed by atoms with Crippen molar-refractivity contribution in [2.24, 2.45) is 0 Å². The van der Waals surface area contributed by atoms with Crippen molar-refractivity contribution in [1.29, 1.82) is 0 Å². The van der Waals surface area contributed by atoms with Crippen LogP contribution in [-0.4, -0.2) is 32.1 Å². The molecule has 0 aliphatic heterocycles. The maximum absolute atomic E-state index is 12.1. The predicted octanol–water partition coefficient (Wildman–Crippen LogP) is 5.79. The van der Waals surface area contributed by atoms with Gasteiger partial charge in [0, 0.05) is 0 Å². The van der Waals surface area contributed by atoms with E-state index < -0.39 is 6.75 Å². The SMILES string of the molecule is CCCCCCCCCCCC(=O)NP(C)(C)(C)CCC. The van der Waals surface area contributed by atoms with Crippen molar-refractivity contribution in [2.75, 3.05) is 26.2 Å². The van der Waals surface area contributed by atoms with Crippen LogP contribution in [0.4, 0.5) is 0 Å². The topological polar surface area (TPSA) is 29.1 Å². The zero-order valence-electron chi connectivity index (χ0n) is 15.3. The van der Waals surface area contributed by atoms with Crippen molar-refractivity contribution < 1.29 is 4.79 Å². The summed E-state index contributed by atoms with van der Waals surface area (Å²) in [7, 11) is 0. The van der Waals surface area contributed by atoms with Crippen LogP contribution < -0.4 is 5.09 Å². The number of hydrogen-bond acceptors (Lipinski definition) is 1. The Morgan fingerprint density at radius 3 is 1.71 bits per heavy atom. The molecule has 0 aromatic rings. The molecule has 0 aromatic carbocycles. The second kappa shape index (κ2) is 10.6. The Labute approximate surface area is 133 Å². The van der Waals surface area contributed by atoms with Crippen LogP contribution in [0.5, 0.6) is 0 Å². The Morgan fingerprint density at radius 1 is 0.762 bits per heavy atom. The van der Waals surface area contributed by atoms with Crippen molar-refractivity contribution in [1.82, 2.24) is 5.09 Å². The molecule has 0 atom stereocenters. The molecule has 0 aliphatic carbocycles. The van der Waals surface area contributed by atoms with Gasteiger partial charge in [-0.15, -0.1) is 0 Å². The summed E-state index contributed by atoms with van der Waals surface area (Å²) in [5, 5.41) is 3.35. The van der Waals surface area contributed by atoms with Gasteiger partial charge in [0.25, 0.3) is 0 Å². The Bertz CT molecular complexity index is 281. The predicted molar refractivity (Wildman–Crippen MR) is 99.8 cm³/mol. The number of amides is 1. The van der Waals surface area contributed by atoms with Crippen LogP contribution in [0.15, 0.2) is 0 Å². The molecule has 0 rings (SSSR count). The quantitative estimate of drug-likeness (QED) is 0.338. The van der Waals surface area contributed by atoms with Gasteiger partial charge >= 0.3 is 126 Å². The zero-order chi connectivity index (χ0) is 16.2. The average molecular weight is 317 g/mol. The first-order valence-corrected chi connectivity index (χ1v) is 12.9. The monoisotopic (exact) mass is 317 g/mol. The zero-order valence-corrected chi connectivity index (χ0v) is 16.2. The molecule has 21 heavy (non-hydrogen) atoms. The van der Waals surface area contributed by atoms with Crippen LogP contribution in [0.1, 0.15) is 84.5 Å². The van der Waals surface area contributed by atoms with E-state index >= 15 is 0 Å². The average Bonchev–Trinajstić information content (AvgIpc) is 2.35. The second-order valence-corrected chi connectivity index (χ2v) is 14.9. The molecular formula is C18H40NOP. The van der Waals surface area contributed by atoms with Gasteiger partial charge in [-0.1, -0.05) is 6.92 Å². The number of carbonyl (C=O) groups excluding carboxylic acids is 1. The maximum atomic E-state index is 12.1. The summed E-state index contributed by atoms with van der Waals surface area (Å²) in [5.41, 5.74) is 0. The number of nitrogens with one attached hydrogen (secondary N) is 1.